The maximum Gasteiger partial charge on any atom is 0.144 e. The second-order valence-corrected chi connectivity index (χ2v) is 5.47. The van der Waals surface area contributed by atoms with E-state index in [0.29, 0.717) is 5.92 Å². The molecule has 82 valence electrons. The molecule has 0 radical (unpaired) electrons. The van der Waals surface area contributed by atoms with Gasteiger partial charge in [-0.05, 0) is 18.9 Å². The number of rotatable bonds is 1. The molecular weight excluding hydrogens is 216 g/mol. The number of aromatic nitrogens is 1. The monoisotopic (exact) mass is 230 g/mol. The number of hydrogen-bond donors (Lipinski definition) is 0. The van der Waals surface area contributed by atoms with E-state index in [-0.39, 0.29) is 0 Å². The highest BCUT2D eigenvalue weighted by Crippen LogP contribution is 2.33. The highest BCUT2D eigenvalue weighted by atomic mass is 32.1. The largest absolute Gasteiger partial charge is 0.239 e. The number of allylic oxidation sites excluding steroid dienone is 4. The zero-order chi connectivity index (χ0) is 11.3. The van der Waals surface area contributed by atoms with Gasteiger partial charge in [0.2, 0.25) is 0 Å². The van der Waals surface area contributed by atoms with Crippen LogP contribution in [0.3, 0.4) is 0 Å². The third kappa shape index (κ3) is 1.24. The first-order valence-corrected chi connectivity index (χ1v) is 6.50. The van der Waals surface area contributed by atoms with Gasteiger partial charge in [-0.3, -0.25) is 0 Å². The summed E-state index contributed by atoms with van der Waals surface area (Å²) in [6.07, 6.45) is 5.52. The molecule has 0 fully saturated rings. The third-order valence-electron chi connectivity index (χ3n) is 3.17. The second kappa shape index (κ2) is 3.39. The van der Waals surface area contributed by atoms with Crippen LogP contribution in [0.25, 0.3) is 5.57 Å². The summed E-state index contributed by atoms with van der Waals surface area (Å²) in [6, 6.07) is 0. The normalized spacial score (nSPS) is 22.2. The van der Waals surface area contributed by atoms with Crippen molar-refractivity contribution in [2.24, 2.45) is 10.9 Å². The Morgan fingerprint density at radius 1 is 1.44 bits per heavy atom. The minimum absolute atomic E-state index is 0.441. The van der Waals surface area contributed by atoms with Crippen molar-refractivity contribution in [2.75, 3.05) is 0 Å². The Bertz CT molecular complexity index is 631. The van der Waals surface area contributed by atoms with Gasteiger partial charge < -0.3 is 0 Å². The molecule has 0 aromatic carbocycles. The number of thiazole rings is 1. The second-order valence-electron chi connectivity index (χ2n) is 4.29. The lowest BCUT2D eigenvalue weighted by Crippen LogP contribution is -2.22. The fourth-order valence-corrected chi connectivity index (χ4v) is 3.14. The summed E-state index contributed by atoms with van der Waals surface area (Å²) in [7, 11) is 0. The van der Waals surface area contributed by atoms with E-state index in [0.717, 1.165) is 21.4 Å². The van der Waals surface area contributed by atoms with Gasteiger partial charge in [-0.15, -0.1) is 0 Å². The van der Waals surface area contributed by atoms with Crippen LogP contribution in [0.4, 0.5) is 0 Å². The van der Waals surface area contributed by atoms with Crippen molar-refractivity contribution in [1.82, 2.24) is 4.98 Å². The van der Waals surface area contributed by atoms with Gasteiger partial charge in [-0.25, -0.2) is 9.98 Å². The SMILES string of the molecule is CCC1=C2N=c3sc(C)nc3=C2C(C)C=C1. The maximum absolute atomic E-state index is 4.74. The molecule has 2 nitrogen and oxygen atoms in total. The van der Waals surface area contributed by atoms with Crippen LogP contribution in [-0.4, -0.2) is 4.98 Å². The summed E-state index contributed by atoms with van der Waals surface area (Å²) >= 11 is 1.70. The molecule has 1 aliphatic heterocycles. The molecule has 1 aromatic rings. The summed E-state index contributed by atoms with van der Waals surface area (Å²) in [5.41, 5.74) is 3.86. The fraction of sp³-hybridized carbons (Fsp3) is 0.385. The van der Waals surface area contributed by atoms with Gasteiger partial charge in [-0.2, -0.15) is 0 Å². The van der Waals surface area contributed by atoms with Gasteiger partial charge in [0, 0.05) is 11.5 Å². The molecule has 0 N–H and O–H groups in total. The van der Waals surface area contributed by atoms with Gasteiger partial charge in [0.25, 0.3) is 0 Å². The van der Waals surface area contributed by atoms with Crippen molar-refractivity contribution in [3.63, 3.8) is 0 Å². The quantitative estimate of drug-likeness (QED) is 0.725. The van der Waals surface area contributed by atoms with Gasteiger partial charge in [0.15, 0.2) is 0 Å². The molecule has 2 aliphatic rings. The van der Waals surface area contributed by atoms with E-state index in [1.807, 2.05) is 6.92 Å². The Balaban J connectivity index is 2.37. The van der Waals surface area contributed by atoms with Gasteiger partial charge in [0.05, 0.1) is 10.7 Å². The van der Waals surface area contributed by atoms with E-state index in [4.69, 9.17) is 4.99 Å². The molecule has 2 heterocycles. The molecule has 1 aromatic heterocycles. The average Bonchev–Trinajstić information content (AvgIpc) is 2.74. The average molecular weight is 230 g/mol. The van der Waals surface area contributed by atoms with Gasteiger partial charge in [-0.1, -0.05) is 37.3 Å². The highest BCUT2D eigenvalue weighted by Gasteiger charge is 2.24. The van der Waals surface area contributed by atoms with E-state index in [9.17, 15) is 0 Å². The molecule has 0 amide bonds. The van der Waals surface area contributed by atoms with E-state index in [1.54, 1.807) is 11.3 Å². The Morgan fingerprint density at radius 3 is 3.00 bits per heavy atom. The molecule has 0 saturated heterocycles. The fourth-order valence-electron chi connectivity index (χ4n) is 2.34. The first-order chi connectivity index (χ1) is 7.70. The molecule has 0 saturated carbocycles. The highest BCUT2D eigenvalue weighted by molar-refractivity contribution is 7.09. The van der Waals surface area contributed by atoms with Crippen LogP contribution in [0.1, 0.15) is 25.3 Å². The Labute approximate surface area is 98.8 Å². The van der Waals surface area contributed by atoms with Crippen LogP contribution in [0.15, 0.2) is 28.4 Å². The summed E-state index contributed by atoms with van der Waals surface area (Å²) < 4.78 is 1.10. The third-order valence-corrected chi connectivity index (χ3v) is 4.03. The Hall–Kier alpha value is -1.22. The summed E-state index contributed by atoms with van der Waals surface area (Å²) in [5.74, 6) is 0.441. The number of fused-ring (bicyclic) bond motifs is 2. The van der Waals surface area contributed by atoms with Gasteiger partial charge >= 0.3 is 0 Å². The van der Waals surface area contributed by atoms with Crippen LogP contribution in [0, 0.1) is 12.8 Å². The molecule has 0 bridgehead atoms. The smallest absolute Gasteiger partial charge is 0.144 e. The molecule has 1 unspecified atom stereocenters. The zero-order valence-electron chi connectivity index (χ0n) is 9.74. The Morgan fingerprint density at radius 2 is 2.25 bits per heavy atom. The lowest BCUT2D eigenvalue weighted by molar-refractivity contribution is 0.916. The van der Waals surface area contributed by atoms with E-state index < -0.39 is 0 Å². The van der Waals surface area contributed by atoms with E-state index >= 15 is 0 Å². The van der Waals surface area contributed by atoms with Crippen molar-refractivity contribution < 1.29 is 0 Å². The van der Waals surface area contributed by atoms with Crippen molar-refractivity contribution >= 4 is 16.9 Å². The van der Waals surface area contributed by atoms with Crippen molar-refractivity contribution in [3.05, 3.63) is 38.4 Å². The number of aryl methyl sites for hydroxylation is 1. The number of nitrogens with zero attached hydrogens (tertiary/aromatic N) is 2. The van der Waals surface area contributed by atoms with E-state index in [2.05, 4.69) is 31.0 Å². The van der Waals surface area contributed by atoms with E-state index in [1.165, 1.54) is 16.8 Å². The van der Waals surface area contributed by atoms with Crippen molar-refractivity contribution in [2.45, 2.75) is 27.2 Å². The minimum atomic E-state index is 0.441. The molecule has 0 spiro atoms. The van der Waals surface area contributed by atoms with Crippen LogP contribution >= 0.6 is 11.3 Å². The molecule has 1 aliphatic carbocycles. The van der Waals surface area contributed by atoms with Gasteiger partial charge in [0.1, 0.15) is 10.0 Å². The molecule has 1 atom stereocenters. The lowest BCUT2D eigenvalue weighted by Gasteiger charge is -2.17. The summed E-state index contributed by atoms with van der Waals surface area (Å²) in [5, 5.41) is 2.24. The number of hydrogen-bond acceptors (Lipinski definition) is 3. The van der Waals surface area contributed by atoms with Crippen LogP contribution < -0.4 is 10.0 Å². The standard InChI is InChI=1S/C13H14N2S/c1-4-9-6-5-7(2)10-11(9)15-13-12(10)14-8(3)16-13/h5-7H,4H2,1-3H3. The summed E-state index contributed by atoms with van der Waals surface area (Å²) in [6.45, 7) is 6.45. The van der Waals surface area contributed by atoms with Crippen molar-refractivity contribution in [1.29, 1.82) is 0 Å². The van der Waals surface area contributed by atoms with Crippen LogP contribution in [0.5, 0.6) is 0 Å². The molecule has 3 heteroatoms. The molecule has 16 heavy (non-hydrogen) atoms. The molecular formula is C13H14N2S. The Kier molecular flexibility index (Phi) is 2.11. The first-order valence-electron chi connectivity index (χ1n) is 5.68. The minimum Gasteiger partial charge on any atom is -0.239 e. The predicted octanol–water partition coefficient (Wildman–Crippen LogP) is 2.11. The predicted molar refractivity (Wildman–Crippen MR) is 66.7 cm³/mol. The zero-order valence-corrected chi connectivity index (χ0v) is 10.6. The maximum atomic E-state index is 4.74. The van der Waals surface area contributed by atoms with Crippen LogP contribution in [-0.2, 0) is 0 Å². The lowest BCUT2D eigenvalue weighted by atomic mass is 9.89. The topological polar surface area (TPSA) is 25.2 Å². The van der Waals surface area contributed by atoms with Crippen LogP contribution in [0.2, 0.25) is 0 Å². The molecule has 3 rings (SSSR count). The summed E-state index contributed by atoms with van der Waals surface area (Å²) in [4.78, 5) is 9.36. The van der Waals surface area contributed by atoms with Crippen molar-refractivity contribution in [3.8, 4) is 0 Å². The first kappa shape index (κ1) is 9.97.